The Morgan fingerprint density at radius 3 is 1.48 bits per heavy atom. The summed E-state index contributed by atoms with van der Waals surface area (Å²) < 4.78 is 34.7. The first-order chi connectivity index (χ1) is 10.3. The van der Waals surface area contributed by atoms with Crippen LogP contribution in [0.3, 0.4) is 0 Å². The molecule has 0 radical (unpaired) electrons. The molecule has 0 aliphatic carbocycles. The Morgan fingerprint density at radius 2 is 1.05 bits per heavy atom. The van der Waals surface area contributed by atoms with Gasteiger partial charge in [-0.15, -0.1) is 9.24 Å². The summed E-state index contributed by atoms with van der Waals surface area (Å²) in [6.45, 7) is 4.23. The van der Waals surface area contributed by atoms with Gasteiger partial charge in [0.25, 0.3) is 0 Å². The Hall–Kier alpha value is 0.190. The number of ether oxygens (including phenoxy) is 6. The van der Waals surface area contributed by atoms with Crippen molar-refractivity contribution in [3.05, 3.63) is 0 Å². The SMILES string of the molecule is PC(CC1OCCCO1)(C1OCCCO1)C1OCCCO1. The lowest BCUT2D eigenvalue weighted by molar-refractivity contribution is -0.282. The number of rotatable bonds is 4. The molecule has 3 aliphatic heterocycles. The van der Waals surface area contributed by atoms with Crippen molar-refractivity contribution in [2.45, 2.75) is 49.7 Å². The van der Waals surface area contributed by atoms with E-state index in [-0.39, 0.29) is 18.9 Å². The average Bonchev–Trinajstić information content (AvgIpc) is 2.57. The van der Waals surface area contributed by atoms with E-state index in [0.717, 1.165) is 32.5 Å². The van der Waals surface area contributed by atoms with E-state index in [1.165, 1.54) is 0 Å². The zero-order valence-corrected chi connectivity index (χ0v) is 13.5. The monoisotopic (exact) mass is 320 g/mol. The Balaban J connectivity index is 1.71. The summed E-state index contributed by atoms with van der Waals surface area (Å²) in [4.78, 5) is 0. The zero-order chi connectivity index (χ0) is 14.5. The van der Waals surface area contributed by atoms with E-state index in [1.54, 1.807) is 0 Å². The standard InChI is InChI=1S/C14H25O6P/c21-14(12-17-6-2-7-18-12,13-19-8-3-9-20-13)10-11-15-4-1-5-16-11/h11-13H,1-10,21H2. The summed E-state index contributed by atoms with van der Waals surface area (Å²) >= 11 is 0. The second-order valence-electron chi connectivity index (χ2n) is 5.70. The van der Waals surface area contributed by atoms with Crippen molar-refractivity contribution >= 4 is 9.24 Å². The van der Waals surface area contributed by atoms with Crippen LogP contribution in [-0.2, 0) is 28.4 Å². The van der Waals surface area contributed by atoms with Crippen molar-refractivity contribution in [1.82, 2.24) is 0 Å². The first-order valence-corrected chi connectivity index (χ1v) is 8.35. The Bertz CT molecular complexity index is 293. The van der Waals surface area contributed by atoms with E-state index in [2.05, 4.69) is 9.24 Å². The molecule has 0 bridgehead atoms. The topological polar surface area (TPSA) is 55.4 Å². The second kappa shape index (κ2) is 7.64. The van der Waals surface area contributed by atoms with Crippen LogP contribution in [0.15, 0.2) is 0 Å². The van der Waals surface area contributed by atoms with Crippen molar-refractivity contribution in [1.29, 1.82) is 0 Å². The fourth-order valence-electron chi connectivity index (χ4n) is 2.84. The van der Waals surface area contributed by atoms with Gasteiger partial charge in [0, 0.05) is 6.42 Å². The maximum Gasteiger partial charge on any atom is 0.171 e. The molecular weight excluding hydrogens is 295 g/mol. The van der Waals surface area contributed by atoms with Gasteiger partial charge in [-0.3, -0.25) is 0 Å². The molecule has 0 amide bonds. The first-order valence-electron chi connectivity index (χ1n) is 7.77. The molecule has 7 heteroatoms. The van der Waals surface area contributed by atoms with Crippen LogP contribution in [0.1, 0.15) is 25.7 Å². The minimum absolute atomic E-state index is 0.264. The lowest BCUT2D eigenvalue weighted by Crippen LogP contribution is -2.56. The molecule has 3 saturated heterocycles. The summed E-state index contributed by atoms with van der Waals surface area (Å²) in [6.07, 6.45) is 2.35. The molecular formula is C14H25O6P. The molecule has 3 fully saturated rings. The number of hydrogen-bond donors (Lipinski definition) is 0. The molecule has 3 heterocycles. The van der Waals surface area contributed by atoms with E-state index in [0.29, 0.717) is 32.8 Å². The van der Waals surface area contributed by atoms with Crippen molar-refractivity contribution in [2.75, 3.05) is 39.6 Å². The van der Waals surface area contributed by atoms with Crippen LogP contribution in [0.5, 0.6) is 0 Å². The molecule has 0 spiro atoms. The molecule has 6 nitrogen and oxygen atoms in total. The van der Waals surface area contributed by atoms with Crippen LogP contribution >= 0.6 is 9.24 Å². The van der Waals surface area contributed by atoms with Crippen LogP contribution in [-0.4, -0.2) is 63.7 Å². The predicted octanol–water partition coefficient (Wildman–Crippen LogP) is 1.28. The van der Waals surface area contributed by atoms with Crippen molar-refractivity contribution < 1.29 is 28.4 Å². The van der Waals surface area contributed by atoms with Gasteiger partial charge in [0.15, 0.2) is 18.9 Å². The molecule has 0 aromatic rings. The van der Waals surface area contributed by atoms with Crippen LogP contribution in [0.2, 0.25) is 0 Å². The minimum atomic E-state index is -0.525. The molecule has 0 aromatic carbocycles. The van der Waals surface area contributed by atoms with Gasteiger partial charge in [-0.05, 0) is 19.3 Å². The van der Waals surface area contributed by atoms with E-state index in [9.17, 15) is 0 Å². The fraction of sp³-hybridized carbons (Fsp3) is 1.00. The minimum Gasteiger partial charge on any atom is -0.353 e. The Kier molecular flexibility index (Phi) is 5.85. The van der Waals surface area contributed by atoms with Crippen molar-refractivity contribution in [3.8, 4) is 0 Å². The largest absolute Gasteiger partial charge is 0.353 e. The van der Waals surface area contributed by atoms with Gasteiger partial charge < -0.3 is 28.4 Å². The van der Waals surface area contributed by atoms with Gasteiger partial charge in [-0.1, -0.05) is 0 Å². The molecule has 1 unspecified atom stereocenters. The van der Waals surface area contributed by atoms with Gasteiger partial charge in [0.05, 0.1) is 44.8 Å². The lowest BCUT2D eigenvalue weighted by Gasteiger charge is -2.45. The van der Waals surface area contributed by atoms with Gasteiger partial charge in [0.2, 0.25) is 0 Å². The Morgan fingerprint density at radius 1 is 0.667 bits per heavy atom. The quantitative estimate of drug-likeness (QED) is 0.728. The van der Waals surface area contributed by atoms with E-state index in [4.69, 9.17) is 28.4 Å². The third kappa shape index (κ3) is 3.94. The smallest absolute Gasteiger partial charge is 0.171 e. The molecule has 21 heavy (non-hydrogen) atoms. The van der Waals surface area contributed by atoms with Gasteiger partial charge >= 0.3 is 0 Å². The maximum absolute atomic E-state index is 5.82. The van der Waals surface area contributed by atoms with Gasteiger partial charge in [-0.25, -0.2) is 0 Å². The van der Waals surface area contributed by atoms with Crippen LogP contribution in [0.4, 0.5) is 0 Å². The van der Waals surface area contributed by atoms with Crippen LogP contribution in [0, 0.1) is 0 Å². The highest BCUT2D eigenvalue weighted by Gasteiger charge is 2.49. The van der Waals surface area contributed by atoms with Gasteiger partial charge in [0.1, 0.15) is 0 Å². The predicted molar refractivity (Wildman–Crippen MR) is 78.0 cm³/mol. The zero-order valence-electron chi connectivity index (χ0n) is 12.3. The third-order valence-corrected chi connectivity index (χ3v) is 4.73. The maximum atomic E-state index is 5.82. The van der Waals surface area contributed by atoms with E-state index < -0.39 is 5.16 Å². The van der Waals surface area contributed by atoms with Gasteiger partial charge in [-0.2, -0.15) is 0 Å². The number of hydrogen-bond acceptors (Lipinski definition) is 6. The molecule has 1 atom stereocenters. The molecule has 0 saturated carbocycles. The molecule has 0 aromatic heterocycles. The van der Waals surface area contributed by atoms with Crippen molar-refractivity contribution in [2.24, 2.45) is 0 Å². The fourth-order valence-corrected chi connectivity index (χ4v) is 3.42. The molecule has 3 rings (SSSR count). The third-order valence-electron chi connectivity index (χ3n) is 3.95. The van der Waals surface area contributed by atoms with Crippen LogP contribution in [0.25, 0.3) is 0 Å². The highest BCUT2D eigenvalue weighted by atomic mass is 31.0. The van der Waals surface area contributed by atoms with E-state index in [1.807, 2.05) is 0 Å². The lowest BCUT2D eigenvalue weighted by atomic mass is 10.0. The Labute approximate surface area is 127 Å². The summed E-state index contributed by atoms with van der Waals surface area (Å²) in [6, 6.07) is 0. The highest BCUT2D eigenvalue weighted by Crippen LogP contribution is 2.40. The van der Waals surface area contributed by atoms with Crippen LogP contribution < -0.4 is 0 Å². The summed E-state index contributed by atoms with van der Waals surface area (Å²) in [5.41, 5.74) is 0. The summed E-state index contributed by atoms with van der Waals surface area (Å²) in [5.74, 6) is 0. The highest BCUT2D eigenvalue weighted by molar-refractivity contribution is 7.19. The van der Waals surface area contributed by atoms with Crippen molar-refractivity contribution in [3.63, 3.8) is 0 Å². The molecule has 3 aliphatic rings. The van der Waals surface area contributed by atoms with E-state index >= 15 is 0 Å². The average molecular weight is 320 g/mol. The molecule has 0 N–H and O–H groups in total. The normalized spacial score (nSPS) is 27.9. The first kappa shape index (κ1) is 16.1. The second-order valence-corrected chi connectivity index (χ2v) is 6.77. The molecule has 122 valence electrons. The summed E-state index contributed by atoms with van der Waals surface area (Å²) in [5, 5.41) is -0.525. The summed E-state index contributed by atoms with van der Waals surface area (Å²) in [7, 11) is 2.84.